The van der Waals surface area contributed by atoms with E-state index in [1.165, 1.54) is 24.3 Å². The standard InChI is InChI=1S/C37H36F3N5O3/c1-3-24-26(39)9-8-21-15-23(46)16-25(27(21)24)30-29(40)31-28-33(43-35(42-31)47-19-36-10-6-13-44(36)18-22(38)17-36)45-14-5-4-7-20(2)32(45)37(11-12-37)48-34(28)41-30/h1,8-9,15-16,20,22,32,46H,4-7,10-14,17-19H2,2H3/t20?,22-,32?,36+/m1/s1. The average molecular weight is 656 g/mol. The van der Waals surface area contributed by atoms with Crippen molar-refractivity contribution < 1.29 is 27.8 Å². The van der Waals surface area contributed by atoms with E-state index in [0.29, 0.717) is 36.1 Å². The molecule has 4 aromatic rings. The molecule has 0 bridgehead atoms. The van der Waals surface area contributed by atoms with Gasteiger partial charge in [-0.05, 0) is 74.6 Å². The molecule has 4 aliphatic heterocycles. The molecule has 1 aliphatic carbocycles. The number of fused-ring (bicyclic) bond motifs is 5. The van der Waals surface area contributed by atoms with Crippen LogP contribution in [0.2, 0.25) is 0 Å². The Hall–Kier alpha value is -4.30. The molecule has 4 atom stereocenters. The highest BCUT2D eigenvalue weighted by atomic mass is 19.1. The van der Waals surface area contributed by atoms with Gasteiger partial charge >= 0.3 is 6.01 Å². The van der Waals surface area contributed by atoms with E-state index < -0.39 is 28.9 Å². The lowest BCUT2D eigenvalue weighted by molar-refractivity contribution is 0.107. The van der Waals surface area contributed by atoms with Crippen LogP contribution in [-0.2, 0) is 0 Å². The molecule has 5 aliphatic rings. The van der Waals surface area contributed by atoms with Crippen LogP contribution < -0.4 is 14.4 Å². The van der Waals surface area contributed by atoms with Crippen LogP contribution in [0.15, 0.2) is 24.3 Å². The number of anilines is 1. The summed E-state index contributed by atoms with van der Waals surface area (Å²) in [5.41, 5.74) is -1.15. The Labute approximate surface area is 276 Å². The van der Waals surface area contributed by atoms with E-state index in [9.17, 15) is 9.50 Å². The van der Waals surface area contributed by atoms with Gasteiger partial charge in [0.2, 0.25) is 5.88 Å². The zero-order chi connectivity index (χ0) is 32.9. The number of phenols is 1. The van der Waals surface area contributed by atoms with Crippen LogP contribution in [0, 0.1) is 29.9 Å². The summed E-state index contributed by atoms with van der Waals surface area (Å²) in [7, 11) is 0. The first-order valence-electron chi connectivity index (χ1n) is 17.0. The number of benzene rings is 2. The summed E-state index contributed by atoms with van der Waals surface area (Å²) in [5.74, 6) is 1.78. The number of halogens is 3. The molecule has 0 radical (unpaired) electrons. The van der Waals surface area contributed by atoms with Crippen molar-refractivity contribution in [1.29, 1.82) is 0 Å². The lowest BCUT2D eigenvalue weighted by atomic mass is 9.91. The minimum Gasteiger partial charge on any atom is -0.508 e. The van der Waals surface area contributed by atoms with Crippen molar-refractivity contribution >= 4 is 27.5 Å². The third-order valence-electron chi connectivity index (χ3n) is 11.4. The maximum absolute atomic E-state index is 17.2. The van der Waals surface area contributed by atoms with Crippen LogP contribution in [0.5, 0.6) is 17.6 Å². The SMILES string of the molecule is C#Cc1c(F)ccc2cc(O)cc(-c3nc4c5c(nc(OC[C@@]67CCCN6C[C@H](F)C7)nc5c3F)N3CCCCC(C)C3C3(CC3)O4)c12. The van der Waals surface area contributed by atoms with Gasteiger partial charge in [-0.2, -0.15) is 9.97 Å². The summed E-state index contributed by atoms with van der Waals surface area (Å²) in [5, 5.41) is 11.8. The summed E-state index contributed by atoms with van der Waals surface area (Å²) in [4.78, 5) is 18.8. The zero-order valence-electron chi connectivity index (χ0n) is 26.7. The van der Waals surface area contributed by atoms with Crippen LogP contribution in [0.4, 0.5) is 19.0 Å². The maximum atomic E-state index is 17.2. The van der Waals surface area contributed by atoms with E-state index in [0.717, 1.165) is 51.5 Å². The summed E-state index contributed by atoms with van der Waals surface area (Å²) in [6.07, 6.45) is 11.6. The lowest BCUT2D eigenvalue weighted by Gasteiger charge is -2.38. The Morgan fingerprint density at radius 2 is 1.94 bits per heavy atom. The number of hydrogen-bond donors (Lipinski definition) is 1. The number of aromatic hydroxyl groups is 1. The summed E-state index contributed by atoms with van der Waals surface area (Å²) >= 11 is 0. The van der Waals surface area contributed by atoms with Gasteiger partial charge in [-0.3, -0.25) is 4.90 Å². The number of alkyl halides is 1. The quantitative estimate of drug-likeness (QED) is 0.244. The Balaban J connectivity index is 1.28. The molecular formula is C37H36F3N5O3. The second-order valence-corrected chi connectivity index (χ2v) is 14.4. The second-order valence-electron chi connectivity index (χ2n) is 14.4. The van der Waals surface area contributed by atoms with Gasteiger partial charge in [-0.1, -0.05) is 25.3 Å². The minimum absolute atomic E-state index is 0.00144. The van der Waals surface area contributed by atoms with Crippen molar-refractivity contribution in [1.82, 2.24) is 19.9 Å². The van der Waals surface area contributed by atoms with Gasteiger partial charge < -0.3 is 19.5 Å². The molecule has 8 nitrogen and oxygen atoms in total. The summed E-state index contributed by atoms with van der Waals surface area (Å²) in [6, 6.07) is 5.48. The monoisotopic (exact) mass is 655 g/mol. The van der Waals surface area contributed by atoms with Gasteiger partial charge in [-0.15, -0.1) is 6.42 Å². The molecule has 6 heterocycles. The van der Waals surface area contributed by atoms with Gasteiger partial charge in [0.05, 0.1) is 17.1 Å². The lowest BCUT2D eigenvalue weighted by Crippen LogP contribution is -2.50. The van der Waals surface area contributed by atoms with E-state index in [-0.39, 0.29) is 63.9 Å². The highest BCUT2D eigenvalue weighted by molar-refractivity contribution is 6.04. The van der Waals surface area contributed by atoms with Crippen molar-refractivity contribution in [3.63, 3.8) is 0 Å². The van der Waals surface area contributed by atoms with Gasteiger partial charge in [0.1, 0.15) is 52.4 Å². The molecule has 4 fully saturated rings. The molecule has 1 spiro atoms. The van der Waals surface area contributed by atoms with Gasteiger partial charge in [0.25, 0.3) is 0 Å². The number of nitrogens with zero attached hydrogens (tertiary/aromatic N) is 5. The van der Waals surface area contributed by atoms with Crippen LogP contribution in [-0.4, -0.2) is 74.6 Å². The fourth-order valence-corrected chi connectivity index (χ4v) is 9.20. The molecule has 2 aromatic heterocycles. The first-order chi connectivity index (χ1) is 23.2. The predicted molar refractivity (Wildman–Crippen MR) is 175 cm³/mol. The molecule has 11 heteroatoms. The van der Waals surface area contributed by atoms with Crippen molar-refractivity contribution in [2.45, 2.75) is 81.6 Å². The van der Waals surface area contributed by atoms with Crippen molar-refractivity contribution in [2.24, 2.45) is 5.92 Å². The molecule has 2 unspecified atom stereocenters. The highest BCUT2D eigenvalue weighted by Gasteiger charge is 2.59. The van der Waals surface area contributed by atoms with Crippen LogP contribution in [0.3, 0.4) is 0 Å². The number of ether oxygens (including phenoxy) is 2. The third kappa shape index (κ3) is 4.37. The van der Waals surface area contributed by atoms with E-state index >= 15 is 8.78 Å². The van der Waals surface area contributed by atoms with Crippen LogP contribution in [0.1, 0.15) is 63.9 Å². The van der Waals surface area contributed by atoms with Crippen LogP contribution in [0.25, 0.3) is 32.9 Å². The van der Waals surface area contributed by atoms with Gasteiger partial charge in [0, 0.05) is 30.5 Å². The molecule has 248 valence electrons. The normalized spacial score (nSPS) is 27.3. The minimum atomic E-state index is -0.925. The molecule has 3 saturated heterocycles. The average Bonchev–Trinajstić information content (AvgIpc) is 3.70. The zero-order valence-corrected chi connectivity index (χ0v) is 26.7. The molecule has 1 saturated carbocycles. The Bertz CT molecular complexity index is 2050. The largest absolute Gasteiger partial charge is 0.508 e. The third-order valence-corrected chi connectivity index (χ3v) is 11.4. The first kappa shape index (κ1) is 29.8. The fourth-order valence-electron chi connectivity index (χ4n) is 9.20. The van der Waals surface area contributed by atoms with E-state index in [4.69, 9.17) is 25.9 Å². The Kier molecular flexibility index (Phi) is 6.58. The highest BCUT2D eigenvalue weighted by Crippen LogP contribution is 2.55. The molecule has 2 aromatic carbocycles. The smallest absolute Gasteiger partial charge is 0.319 e. The number of pyridine rings is 1. The molecule has 9 rings (SSSR count). The number of hydrogen-bond acceptors (Lipinski definition) is 8. The fraction of sp³-hybridized carbons (Fsp3) is 0.486. The van der Waals surface area contributed by atoms with E-state index in [2.05, 4.69) is 27.6 Å². The van der Waals surface area contributed by atoms with Gasteiger partial charge in [-0.25, -0.2) is 18.2 Å². The first-order valence-corrected chi connectivity index (χ1v) is 17.0. The topological polar surface area (TPSA) is 83.8 Å². The van der Waals surface area contributed by atoms with Crippen LogP contribution >= 0.6 is 0 Å². The van der Waals surface area contributed by atoms with E-state index in [1.54, 1.807) is 0 Å². The summed E-state index contributed by atoms with van der Waals surface area (Å²) in [6.45, 7) is 4.31. The van der Waals surface area contributed by atoms with Crippen molar-refractivity contribution in [3.8, 4) is 41.2 Å². The number of rotatable bonds is 4. The Morgan fingerprint density at radius 1 is 1.08 bits per heavy atom. The molecular weight excluding hydrogens is 619 g/mol. The number of terminal acetylenes is 1. The van der Waals surface area contributed by atoms with Crippen molar-refractivity contribution in [2.75, 3.05) is 31.1 Å². The Morgan fingerprint density at radius 3 is 2.75 bits per heavy atom. The second kappa shape index (κ2) is 10.6. The van der Waals surface area contributed by atoms with Gasteiger partial charge in [0.15, 0.2) is 5.82 Å². The predicted octanol–water partition coefficient (Wildman–Crippen LogP) is 6.69. The summed E-state index contributed by atoms with van der Waals surface area (Å²) < 4.78 is 60.0. The number of aromatic nitrogens is 3. The molecule has 1 N–H and O–H groups in total. The number of phenolic OH excluding ortho intramolecular Hbond substituents is 1. The van der Waals surface area contributed by atoms with Crippen molar-refractivity contribution in [3.05, 3.63) is 41.5 Å². The maximum Gasteiger partial charge on any atom is 0.319 e. The molecule has 48 heavy (non-hydrogen) atoms. The van der Waals surface area contributed by atoms with E-state index in [1.807, 2.05) is 0 Å². The molecule has 0 amide bonds.